The second-order valence-corrected chi connectivity index (χ2v) is 6.94. The summed E-state index contributed by atoms with van der Waals surface area (Å²) >= 11 is 1.49. The Balaban J connectivity index is 1.54. The van der Waals surface area contributed by atoms with Crippen LogP contribution in [0.3, 0.4) is 0 Å². The number of likely N-dealkylation sites (tertiary alicyclic amines) is 1. The number of amides is 1. The molecule has 122 valence electrons. The van der Waals surface area contributed by atoms with Gasteiger partial charge in [-0.25, -0.2) is 9.37 Å². The molecule has 0 bridgehead atoms. The third kappa shape index (κ3) is 2.91. The minimum atomic E-state index is -0.261. The minimum absolute atomic E-state index is 0.152. The van der Waals surface area contributed by atoms with Crippen LogP contribution in [0.15, 0.2) is 47.4 Å². The highest BCUT2D eigenvalue weighted by atomic mass is 32.1. The topological polar surface area (TPSA) is 33.2 Å². The van der Waals surface area contributed by atoms with Crippen LogP contribution in [0.2, 0.25) is 0 Å². The number of carbonyl (C=O) groups is 1. The molecule has 0 atom stereocenters. The molecule has 1 fully saturated rings. The zero-order valence-corrected chi connectivity index (χ0v) is 14.0. The summed E-state index contributed by atoms with van der Waals surface area (Å²) in [5.74, 6) is -0.109. The predicted molar refractivity (Wildman–Crippen MR) is 94.0 cm³/mol. The van der Waals surface area contributed by atoms with Crippen LogP contribution in [0, 0.1) is 5.82 Å². The first-order chi connectivity index (χ1) is 11.7. The number of allylic oxidation sites excluding steroid dienone is 3. The van der Waals surface area contributed by atoms with Crippen molar-refractivity contribution in [1.82, 2.24) is 9.88 Å². The van der Waals surface area contributed by atoms with Gasteiger partial charge in [0.15, 0.2) is 0 Å². The minimum Gasteiger partial charge on any atom is -0.339 e. The Hall–Kier alpha value is -2.27. The molecule has 0 unspecified atom stereocenters. The highest BCUT2D eigenvalue weighted by Gasteiger charge is 2.24. The molecule has 2 aromatic rings. The van der Waals surface area contributed by atoms with Gasteiger partial charge in [-0.05, 0) is 43.0 Å². The van der Waals surface area contributed by atoms with E-state index in [0.29, 0.717) is 6.42 Å². The van der Waals surface area contributed by atoms with Crippen molar-refractivity contribution in [2.75, 3.05) is 13.1 Å². The quantitative estimate of drug-likeness (QED) is 0.835. The van der Waals surface area contributed by atoms with Gasteiger partial charge in [0.1, 0.15) is 10.8 Å². The summed E-state index contributed by atoms with van der Waals surface area (Å²) in [4.78, 5) is 19.0. The molecule has 1 aromatic carbocycles. The van der Waals surface area contributed by atoms with Gasteiger partial charge in [0.2, 0.25) is 5.91 Å². The molecule has 4 rings (SSSR count). The van der Waals surface area contributed by atoms with Crippen molar-refractivity contribution in [1.29, 1.82) is 0 Å². The smallest absolute Gasteiger partial charge is 0.250 e. The number of thiazole rings is 1. The van der Waals surface area contributed by atoms with Crippen molar-refractivity contribution < 1.29 is 9.18 Å². The summed E-state index contributed by atoms with van der Waals surface area (Å²) in [6.07, 6.45) is 6.86. The van der Waals surface area contributed by atoms with E-state index in [4.69, 9.17) is 0 Å². The first kappa shape index (κ1) is 15.3. The molecule has 3 nitrogen and oxygen atoms in total. The molecule has 1 amide bonds. The number of halogens is 1. The lowest BCUT2D eigenvalue weighted by Gasteiger charge is -2.15. The standard InChI is InChI=1S/C19H17FN2OS/c20-16-5-3-4-14(11-16)18-21-17(12-24-18)13-6-7-15(10-13)19(23)22-8-1-2-9-22/h3-6,10-12H,1-2,7-9H2. The average molecular weight is 340 g/mol. The van der Waals surface area contributed by atoms with Crippen LogP contribution in [-0.4, -0.2) is 28.9 Å². The molecule has 0 saturated carbocycles. The summed E-state index contributed by atoms with van der Waals surface area (Å²) in [5.41, 5.74) is 3.45. The summed E-state index contributed by atoms with van der Waals surface area (Å²) in [7, 11) is 0. The van der Waals surface area contributed by atoms with Crippen LogP contribution < -0.4 is 0 Å². The fraction of sp³-hybridized carbons (Fsp3) is 0.263. The van der Waals surface area contributed by atoms with E-state index < -0.39 is 0 Å². The van der Waals surface area contributed by atoms with Crippen molar-refractivity contribution >= 4 is 22.8 Å². The normalized spacial score (nSPS) is 17.1. The second-order valence-electron chi connectivity index (χ2n) is 6.08. The molecule has 0 radical (unpaired) electrons. The largest absolute Gasteiger partial charge is 0.339 e. The lowest BCUT2D eigenvalue weighted by atomic mass is 10.2. The predicted octanol–water partition coefficient (Wildman–Crippen LogP) is 4.29. The number of nitrogens with zero attached hydrogens (tertiary/aromatic N) is 2. The molecular formula is C19H17FN2OS. The fourth-order valence-corrected chi connectivity index (χ4v) is 3.96. The zero-order chi connectivity index (χ0) is 16.5. The van der Waals surface area contributed by atoms with Crippen molar-refractivity contribution in [2.45, 2.75) is 19.3 Å². The molecule has 24 heavy (non-hydrogen) atoms. The fourth-order valence-electron chi connectivity index (χ4n) is 3.14. The van der Waals surface area contributed by atoms with E-state index in [1.165, 1.54) is 23.5 Å². The maximum atomic E-state index is 13.4. The van der Waals surface area contributed by atoms with Gasteiger partial charge in [-0.1, -0.05) is 18.2 Å². The number of carbonyl (C=O) groups excluding carboxylic acids is 1. The first-order valence-corrected chi connectivity index (χ1v) is 9.00. The number of rotatable bonds is 3. The Morgan fingerprint density at radius 1 is 1.25 bits per heavy atom. The van der Waals surface area contributed by atoms with Gasteiger partial charge in [-0.3, -0.25) is 4.79 Å². The van der Waals surface area contributed by atoms with Gasteiger partial charge in [-0.15, -0.1) is 11.3 Å². The molecule has 1 aliphatic heterocycles. The summed E-state index contributed by atoms with van der Waals surface area (Å²) < 4.78 is 13.4. The van der Waals surface area contributed by atoms with Crippen molar-refractivity contribution in [2.24, 2.45) is 0 Å². The van der Waals surface area contributed by atoms with E-state index >= 15 is 0 Å². The van der Waals surface area contributed by atoms with Crippen LogP contribution in [-0.2, 0) is 4.79 Å². The maximum absolute atomic E-state index is 13.4. The van der Waals surface area contributed by atoms with Crippen LogP contribution >= 0.6 is 11.3 Å². The van der Waals surface area contributed by atoms with Gasteiger partial charge in [0.05, 0.1) is 5.69 Å². The monoisotopic (exact) mass is 340 g/mol. The number of hydrogen-bond donors (Lipinski definition) is 0. The highest BCUT2D eigenvalue weighted by molar-refractivity contribution is 7.13. The molecular weight excluding hydrogens is 323 g/mol. The van der Waals surface area contributed by atoms with E-state index in [0.717, 1.165) is 53.3 Å². The van der Waals surface area contributed by atoms with E-state index in [1.807, 2.05) is 28.5 Å². The highest BCUT2D eigenvalue weighted by Crippen LogP contribution is 2.32. The molecule has 0 spiro atoms. The Morgan fingerprint density at radius 2 is 2.08 bits per heavy atom. The first-order valence-electron chi connectivity index (χ1n) is 8.12. The Morgan fingerprint density at radius 3 is 2.88 bits per heavy atom. The lowest BCUT2D eigenvalue weighted by molar-refractivity contribution is -0.126. The SMILES string of the molecule is O=C(C1=CC(c2csc(-c3cccc(F)c3)n2)=CC1)N1CCCC1. The molecule has 0 N–H and O–H groups in total. The molecule has 1 saturated heterocycles. The van der Waals surface area contributed by atoms with E-state index in [9.17, 15) is 9.18 Å². The number of benzene rings is 1. The molecule has 1 aliphatic carbocycles. The Kier molecular flexibility index (Phi) is 4.02. The summed E-state index contributed by atoms with van der Waals surface area (Å²) in [6.45, 7) is 1.73. The van der Waals surface area contributed by atoms with Crippen LogP contribution in [0.25, 0.3) is 16.1 Å². The average Bonchev–Trinajstić information content (AvgIpc) is 3.34. The van der Waals surface area contributed by atoms with Crippen LogP contribution in [0.1, 0.15) is 25.0 Å². The third-order valence-corrected chi connectivity index (χ3v) is 5.30. The lowest BCUT2D eigenvalue weighted by Crippen LogP contribution is -2.28. The molecule has 2 heterocycles. The van der Waals surface area contributed by atoms with Crippen molar-refractivity contribution in [3.8, 4) is 10.6 Å². The molecule has 2 aliphatic rings. The van der Waals surface area contributed by atoms with Gasteiger partial charge < -0.3 is 4.90 Å². The van der Waals surface area contributed by atoms with Crippen LogP contribution in [0.4, 0.5) is 4.39 Å². The number of hydrogen-bond acceptors (Lipinski definition) is 3. The molecule has 5 heteroatoms. The summed E-state index contributed by atoms with van der Waals surface area (Å²) in [6, 6.07) is 6.46. The van der Waals surface area contributed by atoms with Gasteiger partial charge in [0, 0.05) is 29.6 Å². The maximum Gasteiger partial charge on any atom is 0.250 e. The van der Waals surface area contributed by atoms with Crippen molar-refractivity contribution in [3.63, 3.8) is 0 Å². The zero-order valence-electron chi connectivity index (χ0n) is 13.2. The number of aromatic nitrogens is 1. The van der Waals surface area contributed by atoms with Gasteiger partial charge >= 0.3 is 0 Å². The van der Waals surface area contributed by atoms with E-state index in [1.54, 1.807) is 6.07 Å². The Labute approximate surface area is 144 Å². The van der Waals surface area contributed by atoms with Crippen LogP contribution in [0.5, 0.6) is 0 Å². The second kappa shape index (κ2) is 6.32. The van der Waals surface area contributed by atoms with E-state index in [-0.39, 0.29) is 11.7 Å². The Bertz CT molecular complexity index is 847. The third-order valence-electron chi connectivity index (χ3n) is 4.41. The van der Waals surface area contributed by atoms with Gasteiger partial charge in [0.25, 0.3) is 0 Å². The van der Waals surface area contributed by atoms with Crippen molar-refractivity contribution in [3.05, 3.63) is 58.9 Å². The van der Waals surface area contributed by atoms with Gasteiger partial charge in [-0.2, -0.15) is 0 Å². The molecule has 1 aromatic heterocycles. The summed E-state index contributed by atoms with van der Waals surface area (Å²) in [5, 5.41) is 2.75. The van der Waals surface area contributed by atoms with E-state index in [2.05, 4.69) is 4.98 Å².